The third-order valence-corrected chi connectivity index (χ3v) is 5.63. The summed E-state index contributed by atoms with van der Waals surface area (Å²) in [6, 6.07) is 13.5. The van der Waals surface area contributed by atoms with Crippen molar-refractivity contribution in [3.05, 3.63) is 60.7 Å². The van der Waals surface area contributed by atoms with E-state index in [1.807, 2.05) is 0 Å². The van der Waals surface area contributed by atoms with Crippen molar-refractivity contribution in [1.82, 2.24) is 3.71 Å². The maximum Gasteiger partial charge on any atom is 0.349 e. The molecule has 0 saturated carbocycles. The normalized spacial score (nSPS) is 11.1. The van der Waals surface area contributed by atoms with E-state index in [1.165, 1.54) is 36.4 Å². The highest BCUT2D eigenvalue weighted by Crippen LogP contribution is 2.17. The summed E-state index contributed by atoms with van der Waals surface area (Å²) in [7, 11) is -8.17. The van der Waals surface area contributed by atoms with Gasteiger partial charge in [-0.2, -0.15) is 8.42 Å². The van der Waals surface area contributed by atoms with Gasteiger partial charge in [-0.15, -0.1) is 3.71 Å². The van der Waals surface area contributed by atoms with Gasteiger partial charge >= 0.3 is 6.03 Å². The van der Waals surface area contributed by atoms with Crippen molar-refractivity contribution >= 4 is 32.6 Å². The Balaban J connectivity index is 2.37. The number of carbonyl (C=O) groups excluding carboxylic acids is 1. The van der Waals surface area contributed by atoms with Crippen molar-refractivity contribution < 1.29 is 21.6 Å². The van der Waals surface area contributed by atoms with Crippen molar-refractivity contribution in [2.45, 2.75) is 4.90 Å². The molecule has 2 aromatic rings. The standard InChI is InChI=1S/C13H12N2O5S2/c16-13(14-11-7-3-1-4-8-11)15(21(17)18)22(19,20)12-9-5-2-6-10-12/h1-10,21H,(H,14,16). The van der Waals surface area contributed by atoms with Crippen molar-refractivity contribution in [1.29, 1.82) is 0 Å². The summed E-state index contributed by atoms with van der Waals surface area (Å²) in [6.07, 6.45) is 0. The lowest BCUT2D eigenvalue weighted by Crippen LogP contribution is -2.38. The Bertz CT molecular complexity index is 825. The number of sulfonamides is 1. The Morgan fingerprint density at radius 2 is 1.41 bits per heavy atom. The molecule has 0 fully saturated rings. The molecule has 7 nitrogen and oxygen atoms in total. The van der Waals surface area contributed by atoms with Crippen LogP contribution in [0.4, 0.5) is 10.5 Å². The van der Waals surface area contributed by atoms with Crippen LogP contribution in [0.5, 0.6) is 0 Å². The molecular formula is C13H12N2O5S2. The minimum absolute atomic E-state index is 0.190. The molecule has 0 aliphatic heterocycles. The molecule has 0 bridgehead atoms. The molecule has 1 N–H and O–H groups in total. The number of carbonyl (C=O) groups is 1. The zero-order valence-corrected chi connectivity index (χ0v) is 12.8. The highest BCUT2D eigenvalue weighted by Gasteiger charge is 2.32. The molecule has 0 aliphatic carbocycles. The molecule has 2 aromatic carbocycles. The molecule has 0 radical (unpaired) electrons. The first-order valence-electron chi connectivity index (χ1n) is 6.03. The van der Waals surface area contributed by atoms with Gasteiger partial charge in [0.2, 0.25) is 10.9 Å². The number of hydrogen-bond donors (Lipinski definition) is 2. The van der Waals surface area contributed by atoms with E-state index in [-0.39, 0.29) is 14.3 Å². The highest BCUT2D eigenvalue weighted by atomic mass is 32.3. The van der Waals surface area contributed by atoms with Crippen LogP contribution in [0, 0.1) is 0 Å². The van der Waals surface area contributed by atoms with E-state index in [4.69, 9.17) is 0 Å². The molecule has 0 aliphatic rings. The average Bonchev–Trinajstić information content (AvgIpc) is 2.48. The molecular weight excluding hydrogens is 328 g/mol. The zero-order chi connectivity index (χ0) is 16.2. The molecule has 0 spiro atoms. The van der Waals surface area contributed by atoms with E-state index in [0.29, 0.717) is 0 Å². The van der Waals surface area contributed by atoms with Gasteiger partial charge in [-0.1, -0.05) is 36.4 Å². The zero-order valence-electron chi connectivity index (χ0n) is 11.1. The van der Waals surface area contributed by atoms with E-state index in [2.05, 4.69) is 5.32 Å². The minimum atomic E-state index is -4.49. The summed E-state index contributed by atoms with van der Waals surface area (Å²) >= 11 is 0. The second-order valence-corrected chi connectivity index (χ2v) is 7.03. The monoisotopic (exact) mass is 340 g/mol. The Morgan fingerprint density at radius 1 is 0.909 bits per heavy atom. The molecule has 22 heavy (non-hydrogen) atoms. The summed E-state index contributed by atoms with van der Waals surface area (Å²) in [5.74, 6) is 0. The van der Waals surface area contributed by atoms with Crippen molar-refractivity contribution in [3.63, 3.8) is 0 Å². The molecule has 2 rings (SSSR count). The third-order valence-electron chi connectivity index (χ3n) is 2.62. The van der Waals surface area contributed by atoms with Crippen LogP contribution in [-0.4, -0.2) is 26.6 Å². The number of hydrogen-bond acceptors (Lipinski definition) is 5. The fourth-order valence-corrected chi connectivity index (χ4v) is 3.80. The number of para-hydroxylation sites is 1. The molecule has 2 amide bonds. The summed E-state index contributed by atoms with van der Waals surface area (Å²) in [5.41, 5.74) is 0.276. The van der Waals surface area contributed by atoms with Gasteiger partial charge in [0.05, 0.1) is 4.90 Å². The van der Waals surface area contributed by atoms with Crippen molar-refractivity contribution in [3.8, 4) is 0 Å². The first-order chi connectivity index (χ1) is 10.4. The third kappa shape index (κ3) is 3.43. The van der Waals surface area contributed by atoms with Gasteiger partial charge in [0.25, 0.3) is 10.0 Å². The van der Waals surface area contributed by atoms with Gasteiger partial charge in [-0.25, -0.2) is 13.2 Å². The van der Waals surface area contributed by atoms with E-state index < -0.39 is 26.9 Å². The van der Waals surface area contributed by atoms with Gasteiger partial charge in [-0.3, -0.25) is 0 Å². The van der Waals surface area contributed by atoms with Crippen LogP contribution in [0.1, 0.15) is 0 Å². The lowest BCUT2D eigenvalue weighted by molar-refractivity contribution is 0.247. The van der Waals surface area contributed by atoms with Crippen LogP contribution in [0.15, 0.2) is 65.6 Å². The lowest BCUT2D eigenvalue weighted by atomic mass is 10.3. The van der Waals surface area contributed by atoms with Crippen LogP contribution in [-0.2, 0) is 20.9 Å². The highest BCUT2D eigenvalue weighted by molar-refractivity contribution is 7.98. The van der Waals surface area contributed by atoms with Crippen LogP contribution >= 0.6 is 0 Å². The number of urea groups is 1. The fourth-order valence-electron chi connectivity index (χ4n) is 1.66. The van der Waals surface area contributed by atoms with Gasteiger partial charge < -0.3 is 5.32 Å². The summed E-state index contributed by atoms with van der Waals surface area (Å²) < 4.78 is 46.9. The van der Waals surface area contributed by atoms with Crippen molar-refractivity contribution in [2.24, 2.45) is 0 Å². The number of nitrogens with one attached hydrogen (secondary N) is 1. The maximum absolute atomic E-state index is 12.3. The Kier molecular flexibility index (Phi) is 4.78. The molecule has 0 atom stereocenters. The molecule has 116 valence electrons. The van der Waals surface area contributed by atoms with Gasteiger partial charge in [0, 0.05) is 5.69 Å². The molecule has 0 aromatic heterocycles. The number of benzene rings is 2. The topological polar surface area (TPSA) is 101 Å². The fraction of sp³-hybridized carbons (Fsp3) is 0. The van der Waals surface area contributed by atoms with E-state index in [1.54, 1.807) is 24.3 Å². The lowest BCUT2D eigenvalue weighted by Gasteiger charge is -2.16. The summed E-state index contributed by atoms with van der Waals surface area (Å²) in [4.78, 5) is 11.7. The second-order valence-electron chi connectivity index (χ2n) is 4.10. The predicted molar refractivity (Wildman–Crippen MR) is 81.2 cm³/mol. The van der Waals surface area contributed by atoms with E-state index in [9.17, 15) is 21.6 Å². The number of nitrogens with zero attached hydrogens (tertiary/aromatic N) is 1. The Morgan fingerprint density at radius 3 is 1.91 bits per heavy atom. The number of amides is 2. The van der Waals surface area contributed by atoms with Crippen molar-refractivity contribution in [2.75, 3.05) is 5.32 Å². The van der Waals surface area contributed by atoms with Gasteiger partial charge in [0.1, 0.15) is 0 Å². The summed E-state index contributed by atoms with van der Waals surface area (Å²) in [6.45, 7) is 0. The molecule has 9 heteroatoms. The SMILES string of the molecule is O=C(Nc1ccccc1)N([SH](=O)=O)S(=O)(=O)c1ccccc1. The molecule has 0 saturated heterocycles. The quantitative estimate of drug-likeness (QED) is 0.820. The Hall–Kier alpha value is -2.39. The van der Waals surface area contributed by atoms with Crippen LogP contribution in [0.2, 0.25) is 0 Å². The van der Waals surface area contributed by atoms with Crippen LogP contribution < -0.4 is 5.32 Å². The van der Waals surface area contributed by atoms with E-state index in [0.717, 1.165) is 0 Å². The number of thiol groups is 1. The molecule has 0 heterocycles. The first-order valence-corrected chi connectivity index (χ1v) is 8.60. The van der Waals surface area contributed by atoms with Gasteiger partial charge in [0.15, 0.2) is 0 Å². The smallest absolute Gasteiger partial charge is 0.306 e. The summed E-state index contributed by atoms with van der Waals surface area (Å²) in [5, 5.41) is 2.22. The minimum Gasteiger partial charge on any atom is -0.306 e. The van der Waals surface area contributed by atoms with E-state index >= 15 is 0 Å². The van der Waals surface area contributed by atoms with Crippen LogP contribution in [0.25, 0.3) is 0 Å². The molecule has 0 unspecified atom stereocenters. The maximum atomic E-state index is 12.3. The van der Waals surface area contributed by atoms with Crippen LogP contribution in [0.3, 0.4) is 0 Å². The largest absolute Gasteiger partial charge is 0.349 e. The first kappa shape index (κ1) is 16.0. The predicted octanol–water partition coefficient (Wildman–Crippen LogP) is 1.44. The van der Waals surface area contributed by atoms with Gasteiger partial charge in [-0.05, 0) is 24.3 Å². The average molecular weight is 340 g/mol. The second kappa shape index (κ2) is 6.58. The number of rotatable bonds is 4. The number of anilines is 1. The Labute approximate surface area is 129 Å².